The summed E-state index contributed by atoms with van der Waals surface area (Å²) in [5, 5.41) is 2.53. The highest BCUT2D eigenvalue weighted by Crippen LogP contribution is 2.39. The number of rotatable bonds is 5. The molecule has 1 heterocycles. The topological polar surface area (TPSA) is 94.2 Å². The lowest BCUT2D eigenvalue weighted by molar-refractivity contribution is -0.131. The first-order valence-electron chi connectivity index (χ1n) is 8.02. The van der Waals surface area contributed by atoms with Crippen molar-refractivity contribution in [2.45, 2.75) is 33.3 Å². The first-order valence-corrected chi connectivity index (χ1v) is 8.02. The highest BCUT2D eigenvalue weighted by atomic mass is 16.5. The van der Waals surface area contributed by atoms with Gasteiger partial charge in [-0.3, -0.25) is 9.59 Å². The molecule has 1 aliphatic heterocycles. The van der Waals surface area contributed by atoms with Gasteiger partial charge in [0.15, 0.2) is 6.10 Å². The number of aryl methyl sites for hydroxylation is 1. The van der Waals surface area contributed by atoms with Crippen molar-refractivity contribution in [3.05, 3.63) is 17.7 Å². The van der Waals surface area contributed by atoms with Crippen LogP contribution in [0.4, 0.5) is 10.5 Å². The minimum Gasteiger partial charge on any atom is -0.479 e. The van der Waals surface area contributed by atoms with E-state index in [2.05, 4.69) is 10.1 Å². The van der Waals surface area contributed by atoms with Crippen molar-refractivity contribution in [2.75, 3.05) is 25.1 Å². The van der Waals surface area contributed by atoms with Crippen LogP contribution >= 0.6 is 0 Å². The van der Waals surface area contributed by atoms with Gasteiger partial charge in [0, 0.05) is 26.1 Å². The number of nitrogens with one attached hydrogen (secondary N) is 1. The van der Waals surface area contributed by atoms with Crippen molar-refractivity contribution in [3.63, 3.8) is 0 Å². The summed E-state index contributed by atoms with van der Waals surface area (Å²) in [7, 11) is 1.27. The van der Waals surface area contributed by atoms with E-state index in [0.29, 0.717) is 23.6 Å². The van der Waals surface area contributed by atoms with E-state index in [4.69, 9.17) is 9.47 Å². The number of hydrogen-bond acceptors (Lipinski definition) is 6. The number of carbonyl (C=O) groups is 3. The van der Waals surface area contributed by atoms with Gasteiger partial charge in [0.25, 0.3) is 5.91 Å². The Bertz CT molecular complexity index is 688. The molecule has 0 aliphatic carbocycles. The Kier molecular flexibility index (Phi) is 5.84. The standard InChI is InChI=1S/C17H22N2O6/c1-5-12-8-15-13(9-14(12)25-11(3)20)19(16(21)10(2)24-15)7-6-18-17(22)23-4/h8-10H,5-7H2,1-4H3,(H,18,22). The molecule has 0 radical (unpaired) electrons. The Morgan fingerprint density at radius 2 is 2.08 bits per heavy atom. The highest BCUT2D eigenvalue weighted by molar-refractivity contribution is 6.00. The van der Waals surface area contributed by atoms with E-state index in [0.717, 1.165) is 5.56 Å². The first-order chi connectivity index (χ1) is 11.9. The zero-order valence-corrected chi connectivity index (χ0v) is 14.8. The molecule has 8 heteroatoms. The van der Waals surface area contributed by atoms with Gasteiger partial charge in [-0.2, -0.15) is 0 Å². The smallest absolute Gasteiger partial charge is 0.406 e. The second kappa shape index (κ2) is 7.87. The zero-order valence-electron chi connectivity index (χ0n) is 14.8. The second-order valence-electron chi connectivity index (χ2n) is 5.54. The molecule has 1 N–H and O–H groups in total. The molecular weight excluding hydrogens is 328 g/mol. The van der Waals surface area contributed by atoms with Crippen LogP contribution in [0.3, 0.4) is 0 Å². The van der Waals surface area contributed by atoms with Crippen LogP contribution in [0.1, 0.15) is 26.3 Å². The predicted molar refractivity (Wildman–Crippen MR) is 90.0 cm³/mol. The molecule has 2 amide bonds. The largest absolute Gasteiger partial charge is 0.479 e. The average Bonchev–Trinajstić information content (AvgIpc) is 2.57. The molecule has 0 aromatic heterocycles. The number of fused-ring (bicyclic) bond motifs is 1. The molecule has 1 atom stereocenters. The molecule has 8 nitrogen and oxygen atoms in total. The lowest BCUT2D eigenvalue weighted by Crippen LogP contribution is -2.47. The quantitative estimate of drug-likeness (QED) is 0.641. The van der Waals surface area contributed by atoms with Crippen LogP contribution < -0.4 is 19.7 Å². The number of benzene rings is 1. The molecule has 136 valence electrons. The lowest BCUT2D eigenvalue weighted by atomic mass is 10.1. The summed E-state index contributed by atoms with van der Waals surface area (Å²) < 4.78 is 15.4. The van der Waals surface area contributed by atoms with E-state index < -0.39 is 18.2 Å². The third-order valence-corrected chi connectivity index (χ3v) is 3.78. The van der Waals surface area contributed by atoms with Crippen LogP contribution in [0, 0.1) is 0 Å². The number of carbonyl (C=O) groups excluding carboxylic acids is 3. The van der Waals surface area contributed by atoms with Gasteiger partial charge >= 0.3 is 12.1 Å². The van der Waals surface area contributed by atoms with Gasteiger partial charge < -0.3 is 24.4 Å². The molecule has 0 bridgehead atoms. The number of esters is 1. The number of anilines is 1. The summed E-state index contributed by atoms with van der Waals surface area (Å²) in [6, 6.07) is 3.40. The summed E-state index contributed by atoms with van der Waals surface area (Å²) in [6.45, 7) is 5.37. The minimum atomic E-state index is -0.644. The number of nitrogens with zero attached hydrogens (tertiary/aromatic N) is 1. The molecule has 0 saturated carbocycles. The Hall–Kier alpha value is -2.77. The molecule has 2 rings (SSSR count). The Morgan fingerprint density at radius 1 is 1.36 bits per heavy atom. The molecule has 0 saturated heterocycles. The summed E-state index contributed by atoms with van der Waals surface area (Å²) in [5.74, 6) is 0.255. The lowest BCUT2D eigenvalue weighted by Gasteiger charge is -2.33. The van der Waals surface area contributed by atoms with Gasteiger partial charge in [-0.1, -0.05) is 6.92 Å². The molecular formula is C17H22N2O6. The van der Waals surface area contributed by atoms with Crippen LogP contribution in [0.15, 0.2) is 12.1 Å². The highest BCUT2D eigenvalue weighted by Gasteiger charge is 2.32. The number of hydrogen-bond donors (Lipinski definition) is 1. The van der Waals surface area contributed by atoms with Gasteiger partial charge in [-0.05, 0) is 25.0 Å². The van der Waals surface area contributed by atoms with Crippen molar-refractivity contribution >= 4 is 23.7 Å². The number of amides is 2. The number of alkyl carbamates (subject to hydrolysis) is 1. The van der Waals surface area contributed by atoms with E-state index in [1.807, 2.05) is 6.92 Å². The van der Waals surface area contributed by atoms with Crippen molar-refractivity contribution in [1.82, 2.24) is 5.32 Å². The maximum absolute atomic E-state index is 12.5. The molecule has 1 aromatic carbocycles. The molecule has 0 spiro atoms. The monoisotopic (exact) mass is 350 g/mol. The maximum Gasteiger partial charge on any atom is 0.406 e. The fraction of sp³-hybridized carbons (Fsp3) is 0.471. The summed E-state index contributed by atoms with van der Waals surface area (Å²) >= 11 is 0. The summed E-state index contributed by atoms with van der Waals surface area (Å²) in [6.07, 6.45) is -0.573. The van der Waals surface area contributed by atoms with Gasteiger partial charge in [-0.15, -0.1) is 0 Å². The Balaban J connectivity index is 2.33. The predicted octanol–water partition coefficient (Wildman–Crippen LogP) is 1.64. The van der Waals surface area contributed by atoms with E-state index >= 15 is 0 Å². The van der Waals surface area contributed by atoms with Crippen LogP contribution in [-0.2, 0) is 20.7 Å². The van der Waals surface area contributed by atoms with Crippen LogP contribution in [0.25, 0.3) is 0 Å². The molecule has 25 heavy (non-hydrogen) atoms. The van der Waals surface area contributed by atoms with Crippen molar-refractivity contribution in [1.29, 1.82) is 0 Å². The van der Waals surface area contributed by atoms with E-state index in [-0.39, 0.29) is 19.0 Å². The third kappa shape index (κ3) is 4.20. The molecule has 1 aliphatic rings. The van der Waals surface area contributed by atoms with Gasteiger partial charge in [-0.25, -0.2) is 4.79 Å². The fourth-order valence-electron chi connectivity index (χ4n) is 2.57. The van der Waals surface area contributed by atoms with Gasteiger partial charge in [0.1, 0.15) is 11.5 Å². The van der Waals surface area contributed by atoms with E-state index in [1.54, 1.807) is 19.1 Å². The third-order valence-electron chi connectivity index (χ3n) is 3.78. The second-order valence-corrected chi connectivity index (χ2v) is 5.54. The summed E-state index contributed by atoms with van der Waals surface area (Å²) in [5.41, 5.74) is 1.31. The fourth-order valence-corrected chi connectivity index (χ4v) is 2.57. The maximum atomic E-state index is 12.5. The van der Waals surface area contributed by atoms with Crippen LogP contribution in [-0.4, -0.2) is 44.3 Å². The van der Waals surface area contributed by atoms with E-state index in [9.17, 15) is 14.4 Å². The molecule has 0 fully saturated rings. The molecule has 1 aromatic rings. The Labute approximate surface area is 146 Å². The van der Waals surface area contributed by atoms with Gasteiger partial charge in [0.2, 0.25) is 0 Å². The van der Waals surface area contributed by atoms with Crippen molar-refractivity contribution in [2.24, 2.45) is 0 Å². The minimum absolute atomic E-state index is 0.211. The number of ether oxygens (including phenoxy) is 3. The van der Waals surface area contributed by atoms with Gasteiger partial charge in [0.05, 0.1) is 12.8 Å². The average molecular weight is 350 g/mol. The summed E-state index contributed by atoms with van der Waals surface area (Å²) in [4.78, 5) is 36.5. The molecule has 1 unspecified atom stereocenters. The SMILES string of the molecule is CCc1cc2c(cc1OC(C)=O)N(CCNC(=O)OC)C(=O)C(C)O2. The van der Waals surface area contributed by atoms with Crippen LogP contribution in [0.5, 0.6) is 11.5 Å². The van der Waals surface area contributed by atoms with Crippen LogP contribution in [0.2, 0.25) is 0 Å². The zero-order chi connectivity index (χ0) is 18.6. The van der Waals surface area contributed by atoms with Crippen molar-refractivity contribution < 1.29 is 28.6 Å². The van der Waals surface area contributed by atoms with E-state index in [1.165, 1.54) is 18.9 Å². The van der Waals surface area contributed by atoms with Crippen molar-refractivity contribution in [3.8, 4) is 11.5 Å². The number of methoxy groups -OCH3 is 1. The normalized spacial score (nSPS) is 15.9. The first kappa shape index (κ1) is 18.6. The Morgan fingerprint density at radius 3 is 2.68 bits per heavy atom.